The maximum Gasteiger partial charge on any atom is 0.350 e. The predicted octanol–water partition coefficient (Wildman–Crippen LogP) is -1.39. The van der Waals surface area contributed by atoms with Crippen LogP contribution in [-0.4, -0.2) is 86.5 Å². The first-order valence-electron chi connectivity index (χ1n) is 9.56. The van der Waals surface area contributed by atoms with Crippen LogP contribution in [0.1, 0.15) is 26.3 Å². The average molecular weight is 444 g/mol. The van der Waals surface area contributed by atoms with Gasteiger partial charge in [-0.3, -0.25) is 4.79 Å². The molecule has 0 aromatic heterocycles. The fourth-order valence-electron chi connectivity index (χ4n) is 2.84. The maximum absolute atomic E-state index is 12.2. The number of aliphatic hydroxyl groups is 5. The van der Waals surface area contributed by atoms with Gasteiger partial charge in [-0.1, -0.05) is 12.1 Å². The van der Waals surface area contributed by atoms with Gasteiger partial charge in [-0.05, 0) is 31.5 Å². The lowest BCUT2D eigenvalue weighted by atomic mass is 9.99. The number of rotatable bonds is 8. The van der Waals surface area contributed by atoms with Crippen LogP contribution in [-0.2, 0) is 30.4 Å². The first kappa shape index (κ1) is 25.0. The van der Waals surface area contributed by atoms with E-state index < -0.39 is 61.0 Å². The Morgan fingerprint density at radius 3 is 2.23 bits per heavy atom. The van der Waals surface area contributed by atoms with Crippen LogP contribution in [0.4, 0.5) is 0 Å². The molecular formula is C20H28O11. The molecule has 1 aromatic rings. The molecule has 174 valence electrons. The van der Waals surface area contributed by atoms with Gasteiger partial charge in [-0.2, -0.15) is 0 Å². The number of carbonyl (C=O) groups is 2. The van der Waals surface area contributed by atoms with Crippen molar-refractivity contribution >= 4 is 11.9 Å². The number of aliphatic hydroxyl groups excluding tert-OH is 4. The minimum absolute atomic E-state index is 0.174. The van der Waals surface area contributed by atoms with E-state index in [0.29, 0.717) is 5.56 Å². The number of carbonyl (C=O) groups excluding carboxylic acids is 2. The van der Waals surface area contributed by atoms with Gasteiger partial charge in [0.25, 0.3) is 0 Å². The Morgan fingerprint density at radius 2 is 1.71 bits per heavy atom. The van der Waals surface area contributed by atoms with Crippen LogP contribution >= 0.6 is 0 Å². The summed E-state index contributed by atoms with van der Waals surface area (Å²) in [5.41, 5.74) is -1.09. The molecule has 1 aliphatic heterocycles. The van der Waals surface area contributed by atoms with E-state index in [2.05, 4.69) is 0 Å². The molecule has 2 rings (SSSR count). The lowest BCUT2D eigenvalue weighted by molar-refractivity contribution is -0.277. The zero-order chi connectivity index (χ0) is 23.3. The molecule has 1 unspecified atom stereocenters. The van der Waals surface area contributed by atoms with Crippen molar-refractivity contribution in [1.82, 2.24) is 0 Å². The van der Waals surface area contributed by atoms with Gasteiger partial charge in [0.05, 0.1) is 6.61 Å². The Labute approximate surface area is 178 Å². The molecular weight excluding hydrogens is 416 g/mol. The molecule has 1 aromatic carbocycles. The van der Waals surface area contributed by atoms with E-state index >= 15 is 0 Å². The lowest BCUT2D eigenvalue weighted by Gasteiger charge is -2.39. The molecule has 1 fully saturated rings. The summed E-state index contributed by atoms with van der Waals surface area (Å²) in [7, 11) is 0. The predicted molar refractivity (Wildman–Crippen MR) is 102 cm³/mol. The third kappa shape index (κ3) is 6.60. The van der Waals surface area contributed by atoms with Crippen molar-refractivity contribution in [2.45, 2.75) is 69.8 Å². The molecule has 11 nitrogen and oxygen atoms in total. The highest BCUT2D eigenvalue weighted by atomic mass is 16.7. The zero-order valence-corrected chi connectivity index (χ0v) is 17.4. The van der Waals surface area contributed by atoms with Gasteiger partial charge < -0.3 is 44.5 Å². The number of ether oxygens (including phenoxy) is 4. The Balaban J connectivity index is 1.96. The van der Waals surface area contributed by atoms with Crippen LogP contribution in [0, 0.1) is 0 Å². The molecule has 1 aliphatic rings. The Hall–Kier alpha value is -2.28. The van der Waals surface area contributed by atoms with Crippen molar-refractivity contribution in [3.63, 3.8) is 0 Å². The summed E-state index contributed by atoms with van der Waals surface area (Å²) in [6.07, 6.45) is -8.50. The first-order chi connectivity index (χ1) is 14.4. The number of benzene rings is 1. The van der Waals surface area contributed by atoms with Gasteiger partial charge in [-0.15, -0.1) is 0 Å². The fraction of sp³-hybridized carbons (Fsp3) is 0.600. The number of esters is 2. The van der Waals surface area contributed by atoms with E-state index in [9.17, 15) is 35.1 Å². The van der Waals surface area contributed by atoms with Crippen molar-refractivity contribution < 1.29 is 54.1 Å². The van der Waals surface area contributed by atoms with Crippen molar-refractivity contribution in [1.29, 1.82) is 0 Å². The Morgan fingerprint density at radius 1 is 1.10 bits per heavy atom. The largest absolute Gasteiger partial charge is 0.462 e. The summed E-state index contributed by atoms with van der Waals surface area (Å²) in [4.78, 5) is 23.3. The van der Waals surface area contributed by atoms with Crippen LogP contribution in [0.3, 0.4) is 0 Å². The van der Waals surface area contributed by atoms with Gasteiger partial charge in [0.2, 0.25) is 12.4 Å². The highest BCUT2D eigenvalue weighted by molar-refractivity contribution is 5.79. The molecule has 6 atom stereocenters. The molecule has 1 saturated heterocycles. The molecule has 0 aliphatic carbocycles. The minimum atomic E-state index is -1.63. The van der Waals surface area contributed by atoms with Crippen LogP contribution < -0.4 is 4.74 Å². The second kappa shape index (κ2) is 10.4. The molecule has 0 radical (unpaired) electrons. The quantitative estimate of drug-likeness (QED) is 0.299. The van der Waals surface area contributed by atoms with Crippen LogP contribution in [0.15, 0.2) is 24.3 Å². The van der Waals surface area contributed by atoms with Gasteiger partial charge >= 0.3 is 11.9 Å². The summed E-state index contributed by atoms with van der Waals surface area (Å²) in [5, 5.41) is 48.8. The van der Waals surface area contributed by atoms with E-state index in [0.717, 1.165) is 6.92 Å². The third-order valence-corrected chi connectivity index (χ3v) is 4.54. The fourth-order valence-corrected chi connectivity index (χ4v) is 2.84. The normalized spacial score (nSPS) is 27.3. The van der Waals surface area contributed by atoms with E-state index in [-0.39, 0.29) is 12.4 Å². The van der Waals surface area contributed by atoms with Crippen LogP contribution in [0.25, 0.3) is 0 Å². The summed E-state index contributed by atoms with van der Waals surface area (Å²) >= 11 is 0. The van der Waals surface area contributed by atoms with Crippen LogP contribution in [0.2, 0.25) is 0 Å². The van der Waals surface area contributed by atoms with Gasteiger partial charge in [-0.25, -0.2) is 4.79 Å². The molecule has 0 amide bonds. The molecule has 0 spiro atoms. The van der Waals surface area contributed by atoms with Crippen LogP contribution in [0.5, 0.6) is 5.75 Å². The SMILES string of the molecule is CC(=O)OC(C(=O)OCc1ccc(O[C@@H]2O[C@H](CO)[C@@H](O)[C@H](O)[C@H]2O)cc1)C(C)(C)O. The van der Waals surface area contributed by atoms with Crippen molar-refractivity contribution in [3.8, 4) is 5.75 Å². The number of hydrogen-bond donors (Lipinski definition) is 5. The molecule has 31 heavy (non-hydrogen) atoms. The summed E-state index contributed by atoms with van der Waals surface area (Å²) in [5.74, 6) is -1.41. The monoisotopic (exact) mass is 444 g/mol. The first-order valence-corrected chi connectivity index (χ1v) is 9.56. The standard InChI is InChI=1S/C20H28O11/c1-10(22)29-17(20(2,3)27)18(26)28-9-11-4-6-12(7-5-11)30-19-16(25)15(24)14(23)13(8-21)31-19/h4-7,13-17,19,21,23-25,27H,8-9H2,1-3H3/t13-,14-,15+,16-,17?,19-/m1/s1. The minimum Gasteiger partial charge on any atom is -0.462 e. The second-order valence-corrected chi connectivity index (χ2v) is 7.71. The lowest BCUT2D eigenvalue weighted by Crippen LogP contribution is -2.60. The summed E-state index contributed by atoms with van der Waals surface area (Å²) < 4.78 is 20.7. The van der Waals surface area contributed by atoms with Gasteiger partial charge in [0, 0.05) is 6.92 Å². The van der Waals surface area contributed by atoms with E-state index in [1.807, 2.05) is 0 Å². The maximum atomic E-state index is 12.2. The molecule has 0 saturated carbocycles. The zero-order valence-electron chi connectivity index (χ0n) is 17.4. The van der Waals surface area contributed by atoms with E-state index in [4.69, 9.17) is 18.9 Å². The second-order valence-electron chi connectivity index (χ2n) is 7.71. The molecule has 1 heterocycles. The highest BCUT2D eigenvalue weighted by Crippen LogP contribution is 2.25. The van der Waals surface area contributed by atoms with E-state index in [1.54, 1.807) is 12.1 Å². The highest BCUT2D eigenvalue weighted by Gasteiger charge is 2.44. The summed E-state index contributed by atoms with van der Waals surface area (Å²) in [6.45, 7) is 2.99. The average Bonchev–Trinajstić information content (AvgIpc) is 2.70. The molecule has 0 bridgehead atoms. The molecule has 5 N–H and O–H groups in total. The summed E-state index contributed by atoms with van der Waals surface area (Å²) in [6, 6.07) is 6.09. The smallest absolute Gasteiger partial charge is 0.350 e. The van der Waals surface area contributed by atoms with E-state index in [1.165, 1.54) is 26.0 Å². The van der Waals surface area contributed by atoms with Crippen molar-refractivity contribution in [3.05, 3.63) is 29.8 Å². The third-order valence-electron chi connectivity index (χ3n) is 4.54. The topological polar surface area (TPSA) is 172 Å². The van der Waals surface area contributed by atoms with Gasteiger partial charge in [0.15, 0.2) is 0 Å². The van der Waals surface area contributed by atoms with Crippen molar-refractivity contribution in [2.24, 2.45) is 0 Å². The van der Waals surface area contributed by atoms with Crippen molar-refractivity contribution in [2.75, 3.05) is 6.61 Å². The Bertz CT molecular complexity index is 740. The number of hydrogen-bond acceptors (Lipinski definition) is 11. The van der Waals surface area contributed by atoms with Gasteiger partial charge in [0.1, 0.15) is 42.4 Å². The Kier molecular flexibility index (Phi) is 8.34. The molecule has 11 heteroatoms.